The lowest BCUT2D eigenvalue weighted by Gasteiger charge is -2.16. The van der Waals surface area contributed by atoms with Gasteiger partial charge in [-0.25, -0.2) is 4.39 Å². The van der Waals surface area contributed by atoms with Gasteiger partial charge in [0.15, 0.2) is 5.82 Å². The standard InChI is InChI=1S/C13H18BrFN2/c1-8-2-4-10(6-8)17-11-5-3-9(7-16)12(14)13(11)15/h3,5,8,10,17H,2,4,6-7,16H2,1H3. The first-order valence-electron chi connectivity index (χ1n) is 6.05. The molecule has 0 radical (unpaired) electrons. The molecule has 1 aliphatic carbocycles. The molecule has 1 saturated carbocycles. The number of nitrogens with two attached hydrogens (primary N) is 1. The fraction of sp³-hybridized carbons (Fsp3) is 0.538. The topological polar surface area (TPSA) is 38.0 Å². The van der Waals surface area contributed by atoms with Crippen LogP contribution in [0.1, 0.15) is 31.7 Å². The molecule has 0 heterocycles. The third kappa shape index (κ3) is 2.80. The Morgan fingerprint density at radius 3 is 2.82 bits per heavy atom. The Labute approximate surface area is 110 Å². The largest absolute Gasteiger partial charge is 0.380 e. The fourth-order valence-corrected chi connectivity index (χ4v) is 2.92. The predicted octanol–water partition coefficient (Wildman–Crippen LogP) is 3.65. The van der Waals surface area contributed by atoms with Gasteiger partial charge in [-0.2, -0.15) is 0 Å². The Balaban J connectivity index is 2.14. The predicted molar refractivity (Wildman–Crippen MR) is 72.4 cm³/mol. The van der Waals surface area contributed by atoms with Gasteiger partial charge in [0.25, 0.3) is 0 Å². The highest BCUT2D eigenvalue weighted by Crippen LogP contribution is 2.31. The zero-order valence-corrected chi connectivity index (χ0v) is 11.6. The number of hydrogen-bond donors (Lipinski definition) is 2. The molecule has 0 aromatic heterocycles. The van der Waals surface area contributed by atoms with E-state index in [1.807, 2.05) is 6.07 Å². The first kappa shape index (κ1) is 12.8. The smallest absolute Gasteiger partial charge is 0.160 e. The molecule has 17 heavy (non-hydrogen) atoms. The number of nitrogens with one attached hydrogen (secondary N) is 1. The van der Waals surface area contributed by atoms with Crippen molar-refractivity contribution in [3.05, 3.63) is 28.0 Å². The zero-order valence-electron chi connectivity index (χ0n) is 9.97. The van der Waals surface area contributed by atoms with E-state index in [0.29, 0.717) is 22.7 Å². The lowest BCUT2D eigenvalue weighted by atomic mass is 10.1. The van der Waals surface area contributed by atoms with Crippen LogP contribution in [0.4, 0.5) is 10.1 Å². The summed E-state index contributed by atoms with van der Waals surface area (Å²) in [5.41, 5.74) is 6.91. The molecule has 0 amide bonds. The van der Waals surface area contributed by atoms with Crippen molar-refractivity contribution >= 4 is 21.6 Å². The average molecular weight is 301 g/mol. The van der Waals surface area contributed by atoms with Gasteiger partial charge in [-0.1, -0.05) is 13.0 Å². The van der Waals surface area contributed by atoms with Crippen molar-refractivity contribution in [2.75, 3.05) is 5.32 Å². The molecule has 3 N–H and O–H groups in total. The van der Waals surface area contributed by atoms with Gasteiger partial charge < -0.3 is 11.1 Å². The summed E-state index contributed by atoms with van der Waals surface area (Å²) >= 11 is 3.26. The van der Waals surface area contributed by atoms with Gasteiger partial charge in [-0.15, -0.1) is 0 Å². The van der Waals surface area contributed by atoms with Crippen molar-refractivity contribution < 1.29 is 4.39 Å². The zero-order chi connectivity index (χ0) is 12.4. The highest BCUT2D eigenvalue weighted by molar-refractivity contribution is 9.10. The third-order valence-electron chi connectivity index (χ3n) is 3.44. The van der Waals surface area contributed by atoms with E-state index < -0.39 is 0 Å². The van der Waals surface area contributed by atoms with Crippen molar-refractivity contribution in [3.63, 3.8) is 0 Å². The lowest BCUT2D eigenvalue weighted by molar-refractivity contribution is 0.595. The average Bonchev–Trinajstić information content (AvgIpc) is 2.71. The van der Waals surface area contributed by atoms with E-state index >= 15 is 0 Å². The van der Waals surface area contributed by atoms with Gasteiger partial charge in [0.1, 0.15) is 0 Å². The molecular formula is C13H18BrFN2. The molecule has 2 rings (SSSR count). The lowest BCUT2D eigenvalue weighted by Crippen LogP contribution is -2.16. The minimum absolute atomic E-state index is 0.229. The monoisotopic (exact) mass is 300 g/mol. The summed E-state index contributed by atoms with van der Waals surface area (Å²) in [7, 11) is 0. The van der Waals surface area contributed by atoms with E-state index in [9.17, 15) is 4.39 Å². The molecule has 4 heteroatoms. The summed E-state index contributed by atoms with van der Waals surface area (Å²) in [5.74, 6) is 0.509. The van der Waals surface area contributed by atoms with E-state index in [1.165, 1.54) is 6.42 Å². The molecule has 0 aliphatic heterocycles. The second kappa shape index (κ2) is 5.36. The Bertz CT molecular complexity index is 409. The van der Waals surface area contributed by atoms with Crippen molar-refractivity contribution in [2.24, 2.45) is 11.7 Å². The van der Waals surface area contributed by atoms with Crippen molar-refractivity contribution in [3.8, 4) is 0 Å². The first-order chi connectivity index (χ1) is 8.11. The number of halogens is 2. The van der Waals surface area contributed by atoms with Crippen LogP contribution in [-0.2, 0) is 6.54 Å². The second-order valence-electron chi connectivity index (χ2n) is 4.86. The van der Waals surface area contributed by atoms with Crippen LogP contribution >= 0.6 is 15.9 Å². The van der Waals surface area contributed by atoms with Crippen LogP contribution in [0.5, 0.6) is 0 Å². The molecule has 0 saturated heterocycles. The van der Waals surface area contributed by atoms with Crippen LogP contribution < -0.4 is 11.1 Å². The molecule has 0 bridgehead atoms. The van der Waals surface area contributed by atoms with Crippen LogP contribution in [-0.4, -0.2) is 6.04 Å². The minimum atomic E-state index is -0.229. The van der Waals surface area contributed by atoms with Crippen LogP contribution in [0, 0.1) is 11.7 Å². The van der Waals surface area contributed by atoms with Gasteiger partial charge in [-0.05, 0) is 52.7 Å². The minimum Gasteiger partial charge on any atom is -0.380 e. The van der Waals surface area contributed by atoms with Crippen molar-refractivity contribution in [1.29, 1.82) is 0 Å². The number of hydrogen-bond acceptors (Lipinski definition) is 2. The molecular weight excluding hydrogens is 283 g/mol. The summed E-state index contributed by atoms with van der Waals surface area (Å²) in [5, 5.41) is 3.29. The van der Waals surface area contributed by atoms with E-state index in [4.69, 9.17) is 5.73 Å². The maximum Gasteiger partial charge on any atom is 0.160 e. The molecule has 1 fully saturated rings. The van der Waals surface area contributed by atoms with Crippen LogP contribution in [0.15, 0.2) is 16.6 Å². The Morgan fingerprint density at radius 2 is 2.24 bits per heavy atom. The van der Waals surface area contributed by atoms with Gasteiger partial charge in [0.05, 0.1) is 10.2 Å². The SMILES string of the molecule is CC1CCC(Nc2ccc(CN)c(Br)c2F)C1. The van der Waals surface area contributed by atoms with Crippen molar-refractivity contribution in [2.45, 2.75) is 38.8 Å². The second-order valence-corrected chi connectivity index (χ2v) is 5.66. The van der Waals surface area contributed by atoms with Crippen LogP contribution in [0.25, 0.3) is 0 Å². The van der Waals surface area contributed by atoms with E-state index in [0.717, 1.165) is 24.3 Å². The van der Waals surface area contributed by atoms with Crippen molar-refractivity contribution in [1.82, 2.24) is 0 Å². The highest BCUT2D eigenvalue weighted by Gasteiger charge is 2.22. The normalized spacial score (nSPS) is 24.0. The fourth-order valence-electron chi connectivity index (χ4n) is 2.42. The van der Waals surface area contributed by atoms with Crippen LogP contribution in [0.2, 0.25) is 0 Å². The van der Waals surface area contributed by atoms with E-state index in [1.54, 1.807) is 6.07 Å². The summed E-state index contributed by atoms with van der Waals surface area (Å²) in [6.07, 6.45) is 3.47. The molecule has 2 atom stereocenters. The summed E-state index contributed by atoms with van der Waals surface area (Å²) < 4.78 is 14.5. The Kier molecular flexibility index (Phi) is 4.05. The highest BCUT2D eigenvalue weighted by atomic mass is 79.9. The Hall–Kier alpha value is -0.610. The molecule has 94 valence electrons. The van der Waals surface area contributed by atoms with E-state index in [-0.39, 0.29) is 5.82 Å². The number of benzene rings is 1. The van der Waals surface area contributed by atoms with Gasteiger partial charge in [0, 0.05) is 12.6 Å². The number of anilines is 1. The maximum absolute atomic E-state index is 14.0. The van der Waals surface area contributed by atoms with Gasteiger partial charge >= 0.3 is 0 Å². The van der Waals surface area contributed by atoms with Gasteiger partial charge in [-0.3, -0.25) is 0 Å². The van der Waals surface area contributed by atoms with Gasteiger partial charge in [0.2, 0.25) is 0 Å². The molecule has 1 aliphatic rings. The molecule has 0 spiro atoms. The first-order valence-corrected chi connectivity index (χ1v) is 6.84. The molecule has 1 aromatic carbocycles. The summed E-state index contributed by atoms with van der Waals surface area (Å²) in [6.45, 7) is 2.59. The molecule has 2 nitrogen and oxygen atoms in total. The molecule has 2 unspecified atom stereocenters. The number of rotatable bonds is 3. The Morgan fingerprint density at radius 1 is 1.47 bits per heavy atom. The van der Waals surface area contributed by atoms with E-state index in [2.05, 4.69) is 28.2 Å². The third-order valence-corrected chi connectivity index (χ3v) is 4.29. The molecule has 1 aromatic rings. The van der Waals surface area contributed by atoms with Crippen LogP contribution in [0.3, 0.4) is 0 Å². The maximum atomic E-state index is 14.0. The quantitative estimate of drug-likeness (QED) is 0.894. The summed E-state index contributed by atoms with van der Waals surface area (Å²) in [4.78, 5) is 0. The summed E-state index contributed by atoms with van der Waals surface area (Å²) in [6, 6.07) is 4.05.